The summed E-state index contributed by atoms with van der Waals surface area (Å²) in [5.41, 5.74) is -0.557. The number of aromatic nitrogens is 1. The van der Waals surface area contributed by atoms with E-state index < -0.39 is 44.9 Å². The Morgan fingerprint density at radius 1 is 0.957 bits per heavy atom. The van der Waals surface area contributed by atoms with Crippen LogP contribution in [0.5, 0.6) is 0 Å². The van der Waals surface area contributed by atoms with Gasteiger partial charge in [0.1, 0.15) is 28.7 Å². The lowest BCUT2D eigenvalue weighted by Crippen LogP contribution is -2.25. The molecular formula is C33H22F4N4O5S. The Bertz CT molecular complexity index is 2380. The Hall–Kier alpha value is -5.68. The molecule has 0 fully saturated rings. The largest absolute Gasteiger partial charge is 0.455 e. The monoisotopic (exact) mass is 662 g/mol. The van der Waals surface area contributed by atoms with Crippen LogP contribution in [0, 0.1) is 23.0 Å². The number of carbonyl (C=O) groups excluding carboxylic acids is 1. The summed E-state index contributed by atoms with van der Waals surface area (Å²) >= 11 is 0. The van der Waals surface area contributed by atoms with Crippen LogP contribution in [-0.2, 0) is 15.9 Å². The molecule has 0 unspecified atom stereocenters. The molecule has 2 heterocycles. The number of fused-ring (bicyclic) bond motifs is 2. The average molecular weight is 663 g/mol. The fraction of sp³-hybridized carbons (Fsp3) is 0.121. The lowest BCUT2D eigenvalue weighted by atomic mass is 9.93. The van der Waals surface area contributed by atoms with Gasteiger partial charge in [-0.2, -0.15) is 14.0 Å². The maximum atomic E-state index is 15.0. The summed E-state index contributed by atoms with van der Waals surface area (Å²) in [5, 5.41) is 12.0. The van der Waals surface area contributed by atoms with Crippen LogP contribution in [0.3, 0.4) is 0 Å². The van der Waals surface area contributed by atoms with Gasteiger partial charge < -0.3 is 14.2 Å². The molecule has 4 aromatic carbocycles. The molecule has 1 N–H and O–H groups in total. The summed E-state index contributed by atoms with van der Waals surface area (Å²) in [4.78, 5) is 17.3. The first-order valence-corrected chi connectivity index (χ1v) is 15.6. The molecule has 0 saturated carbocycles. The Morgan fingerprint density at radius 2 is 1.66 bits per heavy atom. The second-order valence-electron chi connectivity index (χ2n) is 10.5. The number of oxazole rings is 1. The summed E-state index contributed by atoms with van der Waals surface area (Å²) < 4.78 is 96.3. The molecule has 0 radical (unpaired) electrons. The second-order valence-corrected chi connectivity index (χ2v) is 12.6. The molecular weight excluding hydrogens is 640 g/mol. The Balaban J connectivity index is 1.68. The molecule has 0 aliphatic carbocycles. The van der Waals surface area contributed by atoms with Gasteiger partial charge in [0.05, 0.1) is 17.5 Å². The molecule has 0 aliphatic heterocycles. The number of nitrogens with one attached hydrogen (secondary N) is 1. The Labute approximate surface area is 264 Å². The van der Waals surface area contributed by atoms with E-state index in [1.165, 1.54) is 74.8 Å². The van der Waals surface area contributed by atoms with Crippen molar-refractivity contribution in [2.45, 2.75) is 5.92 Å². The van der Waals surface area contributed by atoms with Gasteiger partial charge >= 0.3 is 5.92 Å². The molecule has 0 spiro atoms. The van der Waals surface area contributed by atoms with Gasteiger partial charge in [-0.3, -0.25) is 9.10 Å². The molecule has 14 heteroatoms. The van der Waals surface area contributed by atoms with Crippen molar-refractivity contribution in [3.63, 3.8) is 0 Å². The highest BCUT2D eigenvalue weighted by atomic mass is 32.2. The topological polar surface area (TPSA) is 129 Å². The lowest BCUT2D eigenvalue weighted by Gasteiger charge is -2.21. The van der Waals surface area contributed by atoms with E-state index >= 15 is 0 Å². The quantitative estimate of drug-likeness (QED) is 0.179. The molecule has 0 bridgehead atoms. The Kier molecular flexibility index (Phi) is 7.52. The predicted octanol–water partition coefficient (Wildman–Crippen LogP) is 7.22. The second kappa shape index (κ2) is 11.3. The van der Waals surface area contributed by atoms with Crippen molar-refractivity contribution in [1.82, 2.24) is 10.3 Å². The number of sulfonamides is 1. The van der Waals surface area contributed by atoms with Crippen molar-refractivity contribution in [2.75, 3.05) is 24.7 Å². The zero-order chi connectivity index (χ0) is 33.8. The average Bonchev–Trinajstić information content (AvgIpc) is 3.66. The van der Waals surface area contributed by atoms with Crippen LogP contribution in [0.2, 0.25) is 0 Å². The third kappa shape index (κ3) is 5.44. The highest BCUT2D eigenvalue weighted by Crippen LogP contribution is 2.44. The van der Waals surface area contributed by atoms with E-state index in [0.717, 1.165) is 28.8 Å². The minimum Gasteiger partial charge on any atom is -0.455 e. The fourth-order valence-electron chi connectivity index (χ4n) is 5.21. The summed E-state index contributed by atoms with van der Waals surface area (Å²) in [6, 6.07) is 16.3. The third-order valence-electron chi connectivity index (χ3n) is 7.61. The van der Waals surface area contributed by atoms with Gasteiger partial charge in [0.15, 0.2) is 11.4 Å². The SMILES string of the molecule is CNC(=O)c1c(-c2ccc(F)cc2)oc2cc(N(C)S(C)(=O)=O)c(-c3ccc(C(F)(F)C#N)c(-c4nc5c(F)cccc5o4)c3)cc12. The molecule has 2 aromatic heterocycles. The number of hydrogen-bond acceptors (Lipinski definition) is 7. The first kappa shape index (κ1) is 31.3. The van der Waals surface area contributed by atoms with Gasteiger partial charge in [-0.15, -0.1) is 0 Å². The van der Waals surface area contributed by atoms with E-state index in [2.05, 4.69) is 10.3 Å². The third-order valence-corrected chi connectivity index (χ3v) is 8.80. The first-order chi connectivity index (χ1) is 22.2. The van der Waals surface area contributed by atoms with Crippen LogP contribution in [0.25, 0.3) is 56.0 Å². The molecule has 47 heavy (non-hydrogen) atoms. The zero-order valence-electron chi connectivity index (χ0n) is 24.7. The van der Waals surface area contributed by atoms with Gasteiger partial charge in [-0.05, 0) is 54.1 Å². The van der Waals surface area contributed by atoms with Gasteiger partial charge in [0.25, 0.3) is 5.91 Å². The Morgan fingerprint density at radius 3 is 2.30 bits per heavy atom. The molecule has 9 nitrogen and oxygen atoms in total. The van der Waals surface area contributed by atoms with Crippen molar-refractivity contribution in [1.29, 1.82) is 5.26 Å². The molecule has 6 rings (SSSR count). The summed E-state index contributed by atoms with van der Waals surface area (Å²) in [5.74, 6) is -6.22. The van der Waals surface area contributed by atoms with Crippen molar-refractivity contribution in [3.05, 3.63) is 95.6 Å². The number of furan rings is 1. The molecule has 1 amide bonds. The number of alkyl halides is 2. The normalized spacial score (nSPS) is 12.0. The van der Waals surface area contributed by atoms with Crippen LogP contribution in [0.1, 0.15) is 15.9 Å². The predicted molar refractivity (Wildman–Crippen MR) is 166 cm³/mol. The van der Waals surface area contributed by atoms with E-state index in [0.29, 0.717) is 5.56 Å². The zero-order valence-corrected chi connectivity index (χ0v) is 25.5. The van der Waals surface area contributed by atoms with E-state index in [1.807, 2.05) is 0 Å². The number of nitrogens with zero attached hydrogens (tertiary/aromatic N) is 3. The van der Waals surface area contributed by atoms with E-state index in [-0.39, 0.29) is 55.8 Å². The van der Waals surface area contributed by atoms with Crippen molar-refractivity contribution < 1.29 is 39.6 Å². The number of nitriles is 1. The van der Waals surface area contributed by atoms with E-state index in [4.69, 9.17) is 8.83 Å². The molecule has 0 aliphatic rings. The van der Waals surface area contributed by atoms with Crippen LogP contribution >= 0.6 is 0 Å². The smallest absolute Gasteiger partial charge is 0.358 e. The summed E-state index contributed by atoms with van der Waals surface area (Å²) in [7, 11) is -1.26. The number of halogens is 4. The molecule has 238 valence electrons. The van der Waals surface area contributed by atoms with Crippen molar-refractivity contribution in [2.24, 2.45) is 0 Å². The number of hydrogen-bond donors (Lipinski definition) is 1. The highest BCUT2D eigenvalue weighted by molar-refractivity contribution is 7.92. The van der Waals surface area contributed by atoms with Crippen LogP contribution < -0.4 is 9.62 Å². The van der Waals surface area contributed by atoms with Crippen LogP contribution in [-0.4, -0.2) is 39.7 Å². The lowest BCUT2D eigenvalue weighted by molar-refractivity contribution is 0.0617. The molecule has 6 aromatic rings. The van der Waals surface area contributed by atoms with Gasteiger partial charge in [0, 0.05) is 47.8 Å². The maximum absolute atomic E-state index is 15.0. The summed E-state index contributed by atoms with van der Waals surface area (Å²) in [6.07, 6.45) is 0.956. The fourth-order valence-corrected chi connectivity index (χ4v) is 5.72. The maximum Gasteiger partial charge on any atom is 0.358 e. The van der Waals surface area contributed by atoms with Gasteiger partial charge in [0.2, 0.25) is 15.9 Å². The van der Waals surface area contributed by atoms with E-state index in [9.17, 15) is 36.0 Å². The minimum atomic E-state index is -4.02. The minimum absolute atomic E-state index is 0.0301. The highest BCUT2D eigenvalue weighted by Gasteiger charge is 2.36. The van der Waals surface area contributed by atoms with Crippen molar-refractivity contribution in [3.8, 4) is 40.0 Å². The standard InChI is InChI=1S/C33H22F4N4O5S/c1-39-31(42)28-22-14-20(25(41(2)47(3,43)44)15-27(22)45-30(28)17-7-10-19(34)11-8-17)18-9-12-23(33(36,37)16-38)21(13-18)32-40-29-24(35)5-4-6-26(29)46-32/h4-15H,1-3H3,(H,39,42). The number of carbonyl (C=O) groups is 1. The number of anilines is 1. The number of rotatable bonds is 7. The first-order valence-electron chi connectivity index (χ1n) is 13.8. The van der Waals surface area contributed by atoms with Crippen LogP contribution in [0.4, 0.5) is 23.2 Å². The van der Waals surface area contributed by atoms with Crippen LogP contribution in [0.15, 0.2) is 81.6 Å². The van der Waals surface area contributed by atoms with Crippen molar-refractivity contribution >= 4 is 43.7 Å². The molecule has 0 atom stereocenters. The molecule has 0 saturated heterocycles. The number of benzene rings is 4. The number of amides is 1. The van der Waals surface area contributed by atoms with Gasteiger partial charge in [-0.1, -0.05) is 18.2 Å². The van der Waals surface area contributed by atoms with Gasteiger partial charge in [-0.25, -0.2) is 22.2 Å². The van der Waals surface area contributed by atoms with E-state index in [1.54, 1.807) is 0 Å². The summed E-state index contributed by atoms with van der Waals surface area (Å²) in [6.45, 7) is 0. The number of para-hydroxylation sites is 1.